The average molecular weight is 386 g/mol. The third-order valence-corrected chi connectivity index (χ3v) is 4.51. The van der Waals surface area contributed by atoms with Crippen molar-refractivity contribution in [2.24, 2.45) is 0 Å². The van der Waals surface area contributed by atoms with E-state index in [0.29, 0.717) is 10.8 Å². The first-order chi connectivity index (χ1) is 12.9. The van der Waals surface area contributed by atoms with Crippen LogP contribution in [0.1, 0.15) is 0 Å². The first-order valence-electron chi connectivity index (χ1n) is 7.68. The van der Waals surface area contributed by atoms with Crippen LogP contribution in [-0.2, 0) is 4.57 Å². The van der Waals surface area contributed by atoms with Crippen LogP contribution in [0.3, 0.4) is 0 Å². The summed E-state index contributed by atoms with van der Waals surface area (Å²) in [5.41, 5.74) is -0.707. The highest BCUT2D eigenvalue weighted by molar-refractivity contribution is 7.48. The monoisotopic (exact) mass is 386 g/mol. The van der Waals surface area contributed by atoms with E-state index in [1.807, 2.05) is 0 Å². The van der Waals surface area contributed by atoms with Crippen LogP contribution in [0.5, 0.6) is 11.5 Å². The van der Waals surface area contributed by atoms with Gasteiger partial charge in [-0.1, -0.05) is 0 Å². The van der Waals surface area contributed by atoms with Gasteiger partial charge in [0.15, 0.2) is 0 Å². The van der Waals surface area contributed by atoms with Gasteiger partial charge in [0.25, 0.3) is 0 Å². The Morgan fingerprint density at radius 1 is 0.704 bits per heavy atom. The summed E-state index contributed by atoms with van der Waals surface area (Å²) in [6.07, 6.45) is 0. The van der Waals surface area contributed by atoms with Crippen LogP contribution in [0, 0.1) is 0 Å². The fourth-order valence-corrected chi connectivity index (χ4v) is 3.28. The lowest BCUT2D eigenvalue weighted by Gasteiger charge is -2.14. The zero-order valence-electron chi connectivity index (χ0n) is 13.5. The third kappa shape index (κ3) is 3.76. The van der Waals surface area contributed by atoms with Crippen molar-refractivity contribution < 1.29 is 27.3 Å². The van der Waals surface area contributed by atoms with Crippen LogP contribution in [-0.4, -0.2) is 4.89 Å². The number of hydrogen-bond acceptors (Lipinski definition) is 7. The molecule has 4 rings (SSSR count). The largest absolute Gasteiger partial charge is 0.584 e. The molecule has 0 aliphatic carbocycles. The van der Waals surface area contributed by atoms with Crippen molar-refractivity contribution in [1.82, 2.24) is 0 Å². The van der Waals surface area contributed by atoms with E-state index in [1.54, 1.807) is 24.3 Å². The predicted molar refractivity (Wildman–Crippen MR) is 96.0 cm³/mol. The highest BCUT2D eigenvalue weighted by atomic mass is 31.2. The van der Waals surface area contributed by atoms with E-state index < -0.39 is 19.1 Å². The molecule has 2 aromatic carbocycles. The molecule has 8 nitrogen and oxygen atoms in total. The minimum atomic E-state index is -4.56. The maximum absolute atomic E-state index is 12.3. The quantitative estimate of drug-likeness (QED) is 0.419. The van der Waals surface area contributed by atoms with Gasteiger partial charge < -0.3 is 17.9 Å². The van der Waals surface area contributed by atoms with Crippen LogP contribution < -0.4 is 20.3 Å². The summed E-state index contributed by atoms with van der Waals surface area (Å²) in [5, 5.41) is 1.25. The Morgan fingerprint density at radius 3 is 1.56 bits per heavy atom. The van der Waals surface area contributed by atoms with Gasteiger partial charge in [0, 0.05) is 35.0 Å². The fraction of sp³-hybridized carbons (Fsp3) is 0. The maximum Gasteiger partial charge on any atom is 0.584 e. The number of phosphoric ester groups is 1. The van der Waals surface area contributed by atoms with Gasteiger partial charge in [-0.25, -0.2) is 14.2 Å². The van der Waals surface area contributed by atoms with Crippen LogP contribution in [0.2, 0.25) is 0 Å². The zero-order chi connectivity index (χ0) is 19.0. The molecule has 0 aliphatic rings. The van der Waals surface area contributed by atoms with E-state index in [4.69, 9.17) is 17.9 Å². The first kappa shape index (κ1) is 17.1. The molecule has 0 amide bonds. The van der Waals surface area contributed by atoms with E-state index in [1.165, 1.54) is 36.4 Å². The van der Waals surface area contributed by atoms with Gasteiger partial charge in [0.1, 0.15) is 22.7 Å². The summed E-state index contributed by atoms with van der Waals surface area (Å²) in [4.78, 5) is 32.6. The van der Waals surface area contributed by atoms with Gasteiger partial charge >= 0.3 is 19.1 Å². The lowest BCUT2D eigenvalue weighted by molar-refractivity contribution is 0.291. The van der Waals surface area contributed by atoms with Crippen molar-refractivity contribution in [3.8, 4) is 11.5 Å². The number of rotatable bonds is 4. The highest BCUT2D eigenvalue weighted by Gasteiger charge is 2.25. The van der Waals surface area contributed by atoms with E-state index in [9.17, 15) is 19.0 Å². The molecule has 0 saturated carbocycles. The molecule has 4 aromatic rings. The smallest absolute Gasteiger partial charge is 0.423 e. The molecule has 0 atom stereocenters. The summed E-state index contributed by atoms with van der Waals surface area (Å²) in [5.74, 6) is -0.0370. The summed E-state index contributed by atoms with van der Waals surface area (Å²) >= 11 is 0. The summed E-state index contributed by atoms with van der Waals surface area (Å²) < 4.78 is 32.3. The van der Waals surface area contributed by atoms with Crippen LogP contribution in [0.15, 0.2) is 79.1 Å². The molecule has 0 aliphatic heterocycles. The van der Waals surface area contributed by atoms with Gasteiger partial charge in [0.2, 0.25) is 0 Å². The lowest BCUT2D eigenvalue weighted by Crippen LogP contribution is -2.01. The second-order valence-corrected chi connectivity index (χ2v) is 6.86. The lowest BCUT2D eigenvalue weighted by atomic mass is 10.2. The average Bonchev–Trinajstić information content (AvgIpc) is 2.60. The van der Waals surface area contributed by atoms with Crippen molar-refractivity contribution in [1.29, 1.82) is 0 Å². The molecule has 0 bridgehead atoms. The normalized spacial score (nSPS) is 11.6. The van der Waals surface area contributed by atoms with Gasteiger partial charge in [0.05, 0.1) is 0 Å². The number of fused-ring (bicyclic) bond motifs is 2. The van der Waals surface area contributed by atoms with E-state index >= 15 is 0 Å². The van der Waals surface area contributed by atoms with E-state index in [2.05, 4.69) is 0 Å². The van der Waals surface area contributed by atoms with Gasteiger partial charge in [-0.05, 0) is 36.4 Å². The topological polar surface area (TPSA) is 116 Å². The minimum Gasteiger partial charge on any atom is -0.423 e. The Bertz CT molecular complexity index is 1220. The Balaban J connectivity index is 1.61. The molecule has 2 heterocycles. The first-order valence-corrected chi connectivity index (χ1v) is 9.17. The molecule has 0 unspecified atom stereocenters. The Morgan fingerprint density at radius 2 is 1.11 bits per heavy atom. The zero-order valence-corrected chi connectivity index (χ0v) is 14.4. The summed E-state index contributed by atoms with van der Waals surface area (Å²) in [7, 11) is -4.56. The van der Waals surface area contributed by atoms with Crippen molar-refractivity contribution >= 4 is 29.8 Å². The number of hydrogen-bond donors (Lipinski definition) is 1. The third-order valence-electron chi connectivity index (χ3n) is 3.63. The number of phosphoric acid groups is 1. The highest BCUT2D eigenvalue weighted by Crippen LogP contribution is 2.45. The fourth-order valence-electron chi connectivity index (χ4n) is 2.48. The Hall–Kier alpha value is -3.35. The number of benzene rings is 2. The summed E-state index contributed by atoms with van der Waals surface area (Å²) in [6.45, 7) is 0. The van der Waals surface area contributed by atoms with E-state index in [0.717, 1.165) is 0 Å². The van der Waals surface area contributed by atoms with Crippen molar-refractivity contribution in [3.05, 3.63) is 81.5 Å². The Kier molecular flexibility index (Phi) is 4.07. The van der Waals surface area contributed by atoms with Gasteiger partial charge in [-0.2, -0.15) is 0 Å². The van der Waals surface area contributed by atoms with Crippen molar-refractivity contribution in [3.63, 3.8) is 0 Å². The minimum absolute atomic E-state index is 0.0185. The van der Waals surface area contributed by atoms with E-state index in [-0.39, 0.29) is 22.7 Å². The molecular formula is C18H11O8P. The van der Waals surface area contributed by atoms with Crippen molar-refractivity contribution in [2.75, 3.05) is 0 Å². The van der Waals surface area contributed by atoms with Gasteiger partial charge in [-0.15, -0.1) is 0 Å². The second-order valence-electron chi connectivity index (χ2n) is 5.56. The second kappa shape index (κ2) is 6.42. The molecule has 0 radical (unpaired) electrons. The molecule has 0 fully saturated rings. The molecule has 27 heavy (non-hydrogen) atoms. The van der Waals surface area contributed by atoms with Gasteiger partial charge in [-0.3, -0.25) is 4.89 Å². The molecule has 2 aromatic heterocycles. The summed E-state index contributed by atoms with van der Waals surface area (Å²) in [6, 6.07) is 14.3. The molecular weight excluding hydrogens is 375 g/mol. The maximum atomic E-state index is 12.3. The molecule has 9 heteroatoms. The Labute approximate surface area is 150 Å². The molecule has 136 valence electrons. The SMILES string of the molecule is O=c1ccc2ccc(OP(=O)(O)Oc3ccc4ccc(=O)oc4c3)cc2o1. The molecule has 1 N–H and O–H groups in total. The standard InChI is InChI=1S/C18H11O8P/c19-17-7-3-11-1-5-13(9-15(11)23-17)25-27(21,22)26-14-6-2-12-4-8-18(20)24-16(12)10-14/h1-10H,(H,21,22). The predicted octanol–water partition coefficient (Wildman–Crippen LogP) is 3.46. The molecule has 0 saturated heterocycles. The van der Waals surface area contributed by atoms with Crippen molar-refractivity contribution in [2.45, 2.75) is 0 Å². The van der Waals surface area contributed by atoms with Crippen LogP contribution in [0.25, 0.3) is 21.9 Å². The molecule has 0 spiro atoms. The van der Waals surface area contributed by atoms with Crippen LogP contribution >= 0.6 is 7.82 Å². The van der Waals surface area contributed by atoms with Crippen LogP contribution in [0.4, 0.5) is 0 Å².